The number of carbonyl (C=O) groups is 2. The number of hydrogen-bond acceptors (Lipinski definition) is 6. The van der Waals surface area contributed by atoms with E-state index in [4.69, 9.17) is 4.74 Å². The molecular weight excluding hydrogens is 527 g/mol. The van der Waals surface area contributed by atoms with Crippen molar-refractivity contribution in [2.75, 3.05) is 58.3 Å². The molecular formula is C31H39FN4O3S. The number of fused-ring (bicyclic) bond motifs is 1. The molecule has 3 unspecified atom stereocenters. The maximum atomic E-state index is 13.2. The van der Waals surface area contributed by atoms with Crippen LogP contribution in [0.2, 0.25) is 0 Å². The number of thioether (sulfide) groups is 1. The van der Waals surface area contributed by atoms with E-state index in [-0.39, 0.29) is 29.6 Å². The van der Waals surface area contributed by atoms with Crippen LogP contribution in [0, 0.1) is 11.7 Å². The fraction of sp³-hybridized carbons (Fsp3) is 0.484. The van der Waals surface area contributed by atoms with Gasteiger partial charge in [-0.25, -0.2) is 4.39 Å². The van der Waals surface area contributed by atoms with Crippen molar-refractivity contribution < 1.29 is 18.7 Å². The Morgan fingerprint density at radius 2 is 1.85 bits per heavy atom. The number of hydrogen-bond donors (Lipinski definition) is 1. The van der Waals surface area contributed by atoms with Gasteiger partial charge in [0.2, 0.25) is 5.91 Å². The molecule has 1 saturated carbocycles. The van der Waals surface area contributed by atoms with Gasteiger partial charge in [-0.2, -0.15) is 0 Å². The number of carbonyl (C=O) groups excluding carboxylic acids is 2. The highest BCUT2D eigenvalue weighted by Gasteiger charge is 2.42. The van der Waals surface area contributed by atoms with Crippen molar-refractivity contribution in [1.29, 1.82) is 0 Å². The van der Waals surface area contributed by atoms with Gasteiger partial charge in [-0.15, -0.1) is 11.8 Å². The SMILES string of the molecule is COc1ccccc1/C=C1/SC2CCC(C(=O)NCCCN3CCN(c4ccc(F)cc4)CC3)CC2N(C)C1=O. The van der Waals surface area contributed by atoms with Crippen LogP contribution in [0.5, 0.6) is 5.75 Å². The van der Waals surface area contributed by atoms with Gasteiger partial charge in [-0.3, -0.25) is 14.5 Å². The van der Waals surface area contributed by atoms with Crippen molar-refractivity contribution in [3.8, 4) is 5.75 Å². The van der Waals surface area contributed by atoms with Gasteiger partial charge >= 0.3 is 0 Å². The Balaban J connectivity index is 1.05. The molecule has 0 bridgehead atoms. The van der Waals surface area contributed by atoms with Crippen molar-refractivity contribution in [3.05, 3.63) is 64.8 Å². The molecule has 0 aromatic heterocycles. The smallest absolute Gasteiger partial charge is 0.260 e. The summed E-state index contributed by atoms with van der Waals surface area (Å²) in [7, 11) is 3.51. The Morgan fingerprint density at radius 3 is 2.60 bits per heavy atom. The molecule has 3 atom stereocenters. The molecule has 9 heteroatoms. The maximum Gasteiger partial charge on any atom is 0.260 e. The molecule has 2 amide bonds. The fourth-order valence-corrected chi connectivity index (χ4v) is 7.47. The van der Waals surface area contributed by atoms with Crippen LogP contribution in [0.1, 0.15) is 31.2 Å². The van der Waals surface area contributed by atoms with Gasteiger partial charge in [0.1, 0.15) is 11.6 Å². The maximum absolute atomic E-state index is 13.2. The summed E-state index contributed by atoms with van der Waals surface area (Å²) in [6, 6.07) is 14.5. The number of piperazine rings is 1. The van der Waals surface area contributed by atoms with Crippen LogP contribution in [-0.2, 0) is 9.59 Å². The lowest BCUT2D eigenvalue weighted by Crippen LogP contribution is -2.52. The summed E-state index contributed by atoms with van der Waals surface area (Å²) in [6.45, 7) is 5.37. The number of nitrogens with zero attached hydrogens (tertiary/aromatic N) is 3. The number of methoxy groups -OCH3 is 1. The molecule has 40 heavy (non-hydrogen) atoms. The topological polar surface area (TPSA) is 65.1 Å². The average Bonchev–Trinajstić information content (AvgIpc) is 2.98. The lowest BCUT2D eigenvalue weighted by molar-refractivity contribution is -0.131. The van der Waals surface area contributed by atoms with E-state index in [9.17, 15) is 14.0 Å². The quantitative estimate of drug-likeness (QED) is 0.381. The zero-order chi connectivity index (χ0) is 28.1. The minimum absolute atomic E-state index is 0.0118. The van der Waals surface area contributed by atoms with E-state index in [1.807, 2.05) is 54.4 Å². The first-order chi connectivity index (χ1) is 19.4. The number of rotatable bonds is 8. The van der Waals surface area contributed by atoms with E-state index >= 15 is 0 Å². The Bertz CT molecular complexity index is 1220. The largest absolute Gasteiger partial charge is 0.496 e. The van der Waals surface area contributed by atoms with Gasteiger partial charge in [-0.05, 0) is 68.6 Å². The van der Waals surface area contributed by atoms with E-state index < -0.39 is 0 Å². The van der Waals surface area contributed by atoms with Crippen molar-refractivity contribution in [2.24, 2.45) is 5.92 Å². The first-order valence-corrected chi connectivity index (χ1v) is 15.1. The second-order valence-corrected chi connectivity index (χ2v) is 12.1. The molecule has 0 radical (unpaired) electrons. The predicted molar refractivity (Wildman–Crippen MR) is 159 cm³/mol. The second kappa shape index (κ2) is 13.1. The highest BCUT2D eigenvalue weighted by molar-refractivity contribution is 8.04. The fourth-order valence-electron chi connectivity index (χ4n) is 6.00. The monoisotopic (exact) mass is 566 g/mol. The molecule has 214 valence electrons. The molecule has 2 aromatic rings. The third kappa shape index (κ3) is 6.63. The summed E-state index contributed by atoms with van der Waals surface area (Å²) in [5.41, 5.74) is 1.96. The lowest BCUT2D eigenvalue weighted by Gasteiger charge is -2.44. The Labute approximate surface area is 240 Å². The number of amides is 2. The Morgan fingerprint density at radius 1 is 1.10 bits per heavy atom. The van der Waals surface area contributed by atoms with Gasteiger partial charge in [0.15, 0.2) is 0 Å². The normalized spacial score (nSPS) is 24.6. The number of para-hydroxylation sites is 1. The summed E-state index contributed by atoms with van der Waals surface area (Å²) < 4.78 is 18.7. The number of halogens is 1. The van der Waals surface area contributed by atoms with Crippen LogP contribution >= 0.6 is 11.8 Å². The van der Waals surface area contributed by atoms with Gasteiger partial charge in [0, 0.05) is 68.2 Å². The minimum atomic E-state index is -0.206. The third-order valence-electron chi connectivity index (χ3n) is 8.37. The van der Waals surface area contributed by atoms with Gasteiger partial charge < -0.3 is 19.9 Å². The van der Waals surface area contributed by atoms with Crippen LogP contribution in [-0.4, -0.2) is 86.3 Å². The molecule has 5 rings (SSSR count). The molecule has 0 spiro atoms. The first kappa shape index (κ1) is 28.5. The van der Waals surface area contributed by atoms with Crippen molar-refractivity contribution in [3.63, 3.8) is 0 Å². The summed E-state index contributed by atoms with van der Waals surface area (Å²) >= 11 is 1.65. The Kier molecular flexibility index (Phi) is 9.32. The molecule has 7 nitrogen and oxygen atoms in total. The van der Waals surface area contributed by atoms with Crippen molar-refractivity contribution in [1.82, 2.24) is 15.1 Å². The standard InChI is InChI=1S/C31H39FN4O3S/c1-34-26-20-23(8-13-28(26)40-29(31(34)38)21-22-6-3-4-7-27(22)39-2)30(37)33-14-5-15-35-16-18-36(19-17-35)25-11-9-24(32)10-12-25/h3-4,6-7,9-12,21,23,26,28H,5,8,13-20H2,1-2H3,(H,33,37)/b29-21+. The van der Waals surface area contributed by atoms with E-state index in [0.29, 0.717) is 18.2 Å². The molecule has 1 aliphatic carbocycles. The Hall–Kier alpha value is -3.04. The van der Waals surface area contributed by atoms with Gasteiger partial charge in [0.05, 0.1) is 12.0 Å². The van der Waals surface area contributed by atoms with Crippen LogP contribution in [0.15, 0.2) is 53.4 Å². The summed E-state index contributed by atoms with van der Waals surface area (Å²) in [5.74, 6) is 0.609. The number of nitrogens with one attached hydrogen (secondary N) is 1. The molecule has 3 fully saturated rings. The number of anilines is 1. The van der Waals surface area contributed by atoms with Crippen molar-refractivity contribution in [2.45, 2.75) is 37.0 Å². The molecule has 1 N–H and O–H groups in total. The van der Waals surface area contributed by atoms with Gasteiger partial charge in [-0.1, -0.05) is 18.2 Å². The molecule has 2 aliphatic heterocycles. The average molecular weight is 567 g/mol. The summed E-state index contributed by atoms with van der Waals surface area (Å²) in [6.07, 6.45) is 5.30. The lowest BCUT2D eigenvalue weighted by atomic mass is 9.83. The number of benzene rings is 2. The third-order valence-corrected chi connectivity index (χ3v) is 9.77. The van der Waals surface area contributed by atoms with Crippen LogP contribution in [0.4, 0.5) is 10.1 Å². The zero-order valence-corrected chi connectivity index (χ0v) is 24.2. The molecule has 3 aliphatic rings. The van der Waals surface area contributed by atoms with E-state index in [0.717, 1.165) is 73.9 Å². The highest BCUT2D eigenvalue weighted by Crippen LogP contribution is 2.43. The van der Waals surface area contributed by atoms with Crippen molar-refractivity contribution >= 4 is 35.3 Å². The highest BCUT2D eigenvalue weighted by atomic mass is 32.2. The van der Waals surface area contributed by atoms with E-state index in [1.165, 1.54) is 12.1 Å². The minimum Gasteiger partial charge on any atom is -0.496 e. The van der Waals surface area contributed by atoms with E-state index in [1.54, 1.807) is 18.9 Å². The molecule has 2 heterocycles. The number of ether oxygens (including phenoxy) is 1. The zero-order valence-electron chi connectivity index (χ0n) is 23.4. The second-order valence-electron chi connectivity index (χ2n) is 10.8. The van der Waals surface area contributed by atoms with E-state index in [2.05, 4.69) is 15.1 Å². The van der Waals surface area contributed by atoms with Crippen LogP contribution in [0.25, 0.3) is 6.08 Å². The first-order valence-electron chi connectivity index (χ1n) is 14.2. The van der Waals surface area contributed by atoms with Crippen LogP contribution < -0.4 is 15.0 Å². The van der Waals surface area contributed by atoms with Gasteiger partial charge in [0.25, 0.3) is 5.91 Å². The predicted octanol–water partition coefficient (Wildman–Crippen LogP) is 4.25. The number of likely N-dealkylation sites (N-methyl/N-ethyl adjacent to an activating group) is 1. The summed E-state index contributed by atoms with van der Waals surface area (Å²) in [4.78, 5) is 33.5. The molecule has 2 aromatic carbocycles. The molecule has 2 saturated heterocycles. The van der Waals surface area contributed by atoms with Crippen LogP contribution in [0.3, 0.4) is 0 Å². The summed E-state index contributed by atoms with van der Waals surface area (Å²) in [5, 5.41) is 3.45.